The molecule has 19 heteroatoms. The second-order valence-electron chi connectivity index (χ2n) is 20.9. The molecule has 5 N–H and O–H groups in total. The average Bonchev–Trinajstić information content (AvgIpc) is 4.11. The van der Waals surface area contributed by atoms with Gasteiger partial charge in [-0.3, -0.25) is 28.7 Å². The number of rotatable bonds is 15. The number of aromatic nitrogens is 4. The van der Waals surface area contributed by atoms with Gasteiger partial charge in [0.1, 0.15) is 34.8 Å². The molecule has 4 amide bonds. The Kier molecular flexibility index (Phi) is 15.2. The van der Waals surface area contributed by atoms with Gasteiger partial charge in [0, 0.05) is 58.2 Å². The van der Waals surface area contributed by atoms with Gasteiger partial charge in [-0.05, 0) is 112 Å². The number of nitrogens with one attached hydrogen (secondary N) is 4. The van der Waals surface area contributed by atoms with Gasteiger partial charge in [0.25, 0.3) is 0 Å². The predicted octanol–water partition coefficient (Wildman–Crippen LogP) is 8.82. The maximum Gasteiger partial charge on any atom is 0.246 e. The summed E-state index contributed by atoms with van der Waals surface area (Å²) in [5.74, 6) is -0.582. The highest BCUT2D eigenvalue weighted by atomic mass is 35.5. The number of benzene rings is 3. The molecule has 5 atom stereocenters. The molecule has 9 rings (SSSR count). The van der Waals surface area contributed by atoms with Crippen LogP contribution < -0.4 is 21.3 Å². The van der Waals surface area contributed by atoms with Crippen LogP contribution in [0.25, 0.3) is 15.4 Å². The lowest BCUT2D eigenvalue weighted by atomic mass is 9.85. The predicted molar refractivity (Wildman–Crippen MR) is 288 cm³/mol. The van der Waals surface area contributed by atoms with Crippen molar-refractivity contribution in [1.29, 1.82) is 0 Å². The summed E-state index contributed by atoms with van der Waals surface area (Å²) in [6, 6.07) is 17.0. The lowest BCUT2D eigenvalue weighted by Crippen LogP contribution is -2.57. The summed E-state index contributed by atoms with van der Waals surface area (Å²) in [6.45, 7) is 15.3. The van der Waals surface area contributed by atoms with Crippen molar-refractivity contribution in [1.82, 2.24) is 40.6 Å². The van der Waals surface area contributed by atoms with E-state index >= 15 is 4.39 Å². The fraction of sp³-hybridized carbons (Fsp3) is 0.418. The van der Waals surface area contributed by atoms with Crippen molar-refractivity contribution in [3.63, 3.8) is 0 Å². The summed E-state index contributed by atoms with van der Waals surface area (Å²) in [5, 5.41) is 33.8. The second-order valence-corrected chi connectivity index (χ2v) is 23.4. The van der Waals surface area contributed by atoms with Crippen molar-refractivity contribution in [3.8, 4) is 15.4 Å². The van der Waals surface area contributed by atoms with Gasteiger partial charge in [-0.1, -0.05) is 68.8 Å². The minimum Gasteiger partial charge on any atom is -0.391 e. The molecule has 3 aromatic heterocycles. The highest BCUT2D eigenvalue weighted by Crippen LogP contribution is 2.40. The maximum atomic E-state index is 15.1. The number of hydrogen-bond donors (Lipinski definition) is 5. The first-order valence-corrected chi connectivity index (χ1v) is 27.1. The number of thiazole rings is 1. The number of likely N-dealkylation sites (tertiary alicyclic amines) is 1. The summed E-state index contributed by atoms with van der Waals surface area (Å²) < 4.78 is 17.1. The number of amides is 4. The molecular weight excluding hydrogens is 999 g/mol. The van der Waals surface area contributed by atoms with E-state index in [4.69, 9.17) is 16.6 Å². The molecule has 3 aliphatic rings. The number of fused-ring (bicyclic) bond motifs is 3. The molecule has 1 saturated carbocycles. The third kappa shape index (κ3) is 11.3. The van der Waals surface area contributed by atoms with Gasteiger partial charge < -0.3 is 31.3 Å². The zero-order chi connectivity index (χ0) is 52.7. The Morgan fingerprint density at radius 1 is 0.905 bits per heavy atom. The molecule has 2 aliphatic heterocycles. The van der Waals surface area contributed by atoms with Crippen LogP contribution in [-0.2, 0) is 25.6 Å². The number of carbonyl (C=O) groups excluding carboxylic acids is 4. The lowest BCUT2D eigenvalue weighted by Gasteiger charge is -2.37. The van der Waals surface area contributed by atoms with E-state index in [-0.39, 0.29) is 56.3 Å². The lowest BCUT2D eigenvalue weighted by molar-refractivity contribution is -0.144. The van der Waals surface area contributed by atoms with Gasteiger partial charge in [0.2, 0.25) is 23.6 Å². The van der Waals surface area contributed by atoms with Crippen molar-refractivity contribution in [2.24, 2.45) is 10.4 Å². The Bertz CT molecular complexity index is 3120. The molecule has 2 fully saturated rings. The summed E-state index contributed by atoms with van der Waals surface area (Å²) in [6.07, 6.45) is 0.629. The van der Waals surface area contributed by atoms with Crippen LogP contribution >= 0.6 is 34.3 Å². The first kappa shape index (κ1) is 52.5. The van der Waals surface area contributed by atoms with Crippen molar-refractivity contribution in [2.75, 3.05) is 11.9 Å². The molecule has 388 valence electrons. The van der Waals surface area contributed by atoms with Crippen molar-refractivity contribution >= 4 is 69.3 Å². The van der Waals surface area contributed by atoms with Crippen molar-refractivity contribution in [2.45, 2.75) is 136 Å². The van der Waals surface area contributed by atoms with Crippen LogP contribution in [0.15, 0.2) is 77.2 Å². The molecular formula is C55H62ClFN10O5S2. The minimum absolute atomic E-state index is 0.0265. The largest absolute Gasteiger partial charge is 0.391 e. The normalized spacial score (nSPS) is 20.1. The van der Waals surface area contributed by atoms with Gasteiger partial charge >= 0.3 is 0 Å². The molecule has 1 saturated heterocycles. The third-order valence-corrected chi connectivity index (χ3v) is 16.7. The Hall–Kier alpha value is -6.34. The standard InChI is InChI=1S/C55H62ClFN10O5S2/c1-28-31(4)74-54-47(28)48(35-14-16-37(56)17-15-35)62-43(51-65-64-32(5)67(51)54)25-46(70)61-41-22-40(23-41)60-39-20-33(19-38(57)21-39)9-18-45(69)63-50(55(6,7)8)53(72)66-26-42(68)24-44(66)52(71)59-29(2)34-10-12-36(13-11-34)49-30(3)58-27-73-49/h10-17,19-21,27,29,40-44,50,60,68H,9,18,22-26H2,1-8H3,(H,59,71)(H,61,70)(H,63,69)/t29-,40?,41?,42+,43-,44-,50+/m0/s1. The number of carbonyl (C=O) groups is 4. The molecule has 74 heavy (non-hydrogen) atoms. The topological polar surface area (TPSA) is 196 Å². The van der Waals surface area contributed by atoms with Crippen LogP contribution in [0.2, 0.25) is 5.02 Å². The van der Waals surface area contributed by atoms with Crippen LogP contribution in [0.3, 0.4) is 0 Å². The van der Waals surface area contributed by atoms with Crippen LogP contribution in [0, 0.1) is 38.9 Å². The molecule has 0 bridgehead atoms. The number of nitrogens with zero attached hydrogens (tertiary/aromatic N) is 6. The van der Waals surface area contributed by atoms with E-state index in [1.54, 1.807) is 22.7 Å². The number of aryl methyl sites for hydroxylation is 4. The molecule has 0 spiro atoms. The molecule has 3 aromatic carbocycles. The highest BCUT2D eigenvalue weighted by molar-refractivity contribution is 7.15. The number of halogens is 2. The molecule has 0 unspecified atom stereocenters. The Labute approximate surface area is 443 Å². The summed E-state index contributed by atoms with van der Waals surface area (Å²) >= 11 is 9.49. The van der Waals surface area contributed by atoms with Crippen LogP contribution in [0.5, 0.6) is 0 Å². The van der Waals surface area contributed by atoms with E-state index < -0.39 is 53.2 Å². The van der Waals surface area contributed by atoms with Gasteiger partial charge in [-0.15, -0.1) is 32.9 Å². The van der Waals surface area contributed by atoms with Gasteiger partial charge in [-0.25, -0.2) is 9.37 Å². The fourth-order valence-corrected chi connectivity index (χ4v) is 12.2. The number of aliphatic imine (C=N–C) groups is 1. The number of aliphatic hydroxyl groups excluding tert-OH is 1. The summed E-state index contributed by atoms with van der Waals surface area (Å²) in [4.78, 5) is 68.6. The number of anilines is 1. The number of β-amino-alcohol motifs (C(OH)–C–C–N with tert-alkyl or cyclic N) is 1. The van der Waals surface area contributed by atoms with Gasteiger partial charge in [0.05, 0.1) is 40.4 Å². The van der Waals surface area contributed by atoms with E-state index in [2.05, 4.69) is 50.3 Å². The Morgan fingerprint density at radius 3 is 2.31 bits per heavy atom. The summed E-state index contributed by atoms with van der Waals surface area (Å²) in [7, 11) is 0. The third-order valence-electron chi connectivity index (χ3n) is 14.3. The first-order valence-electron chi connectivity index (χ1n) is 25.0. The van der Waals surface area contributed by atoms with E-state index in [1.165, 1.54) is 17.0 Å². The van der Waals surface area contributed by atoms with Crippen LogP contribution in [-0.4, -0.2) is 95.9 Å². The van der Waals surface area contributed by atoms with Crippen molar-refractivity contribution in [3.05, 3.63) is 133 Å². The average molecular weight is 1060 g/mol. The van der Waals surface area contributed by atoms with Crippen molar-refractivity contribution < 1.29 is 28.7 Å². The quantitative estimate of drug-likeness (QED) is 0.0668. The maximum absolute atomic E-state index is 15.1. The molecule has 0 radical (unpaired) electrons. The molecule has 5 heterocycles. The zero-order valence-corrected chi connectivity index (χ0v) is 45.1. The van der Waals surface area contributed by atoms with Crippen LogP contribution in [0.1, 0.15) is 122 Å². The van der Waals surface area contributed by atoms with E-state index in [9.17, 15) is 24.3 Å². The molecule has 15 nitrogen and oxygen atoms in total. The van der Waals surface area contributed by atoms with E-state index in [0.29, 0.717) is 40.8 Å². The number of aliphatic hydroxyl groups is 1. The Morgan fingerprint density at radius 2 is 1.62 bits per heavy atom. The fourth-order valence-electron chi connectivity index (χ4n) is 10.1. The van der Waals surface area contributed by atoms with Gasteiger partial charge in [-0.2, -0.15) is 0 Å². The highest BCUT2D eigenvalue weighted by Gasteiger charge is 2.45. The molecule has 1 aliphatic carbocycles. The summed E-state index contributed by atoms with van der Waals surface area (Å²) in [5.41, 5.74) is 8.84. The minimum atomic E-state index is -1.01. The Balaban J connectivity index is 0.779. The smallest absolute Gasteiger partial charge is 0.246 e. The van der Waals surface area contributed by atoms with Gasteiger partial charge in [0.15, 0.2) is 5.82 Å². The second kappa shape index (κ2) is 21.5. The van der Waals surface area contributed by atoms with Crippen LogP contribution in [0.4, 0.5) is 10.1 Å². The monoisotopic (exact) mass is 1060 g/mol. The molecule has 6 aromatic rings. The van der Waals surface area contributed by atoms with E-state index in [0.717, 1.165) is 54.0 Å². The SMILES string of the molecule is Cc1ncsc1-c1ccc([C@H](C)NC(=O)[C@@H]2C[C@@H](O)CN2C(=O)[C@@H](NC(=O)CCc2cc(F)cc(NC3CC(NC(=O)C[C@@H]4N=C(c5ccc(Cl)cc5)c5c(sc(C)c5C)-n5c(C)nnc54)C3)c2)C(C)(C)C)cc1. The zero-order valence-electron chi connectivity index (χ0n) is 42.8. The first-order chi connectivity index (χ1) is 35.2. The van der Waals surface area contributed by atoms with E-state index in [1.807, 2.05) is 106 Å². The number of thiophene rings is 1. The number of hydrogen-bond acceptors (Lipinski definition) is 12.